The number of halogens is 1. The van der Waals surface area contributed by atoms with Crippen molar-refractivity contribution >= 4 is 35.1 Å². The summed E-state index contributed by atoms with van der Waals surface area (Å²) in [6.45, 7) is 7.42. The number of fused-ring (bicyclic) bond motifs is 1. The summed E-state index contributed by atoms with van der Waals surface area (Å²) in [5, 5.41) is 16.3. The zero-order valence-corrected chi connectivity index (χ0v) is 19.6. The Morgan fingerprint density at radius 2 is 2.09 bits per heavy atom. The van der Waals surface area contributed by atoms with E-state index in [1.54, 1.807) is 6.92 Å². The number of rotatable bonds is 8. The van der Waals surface area contributed by atoms with Gasteiger partial charge in [-0.1, -0.05) is 23.7 Å². The van der Waals surface area contributed by atoms with Gasteiger partial charge in [-0.25, -0.2) is 4.98 Å². The lowest BCUT2D eigenvalue weighted by Gasteiger charge is -2.35. The number of nitrogens with zero attached hydrogens (tertiary/aromatic N) is 2. The van der Waals surface area contributed by atoms with E-state index in [9.17, 15) is 9.90 Å². The number of aromatic amines is 1. The van der Waals surface area contributed by atoms with E-state index in [1.165, 1.54) is 0 Å². The van der Waals surface area contributed by atoms with Crippen molar-refractivity contribution in [2.75, 3.05) is 49.7 Å². The minimum absolute atomic E-state index is 0.0234. The second-order valence-electron chi connectivity index (χ2n) is 8.23. The molecule has 2 unspecified atom stereocenters. The SMILES string of the molecule is CCOC(O)CNC(=O)Cc1nc2c([nH]1)C=C(Cl)C(C)(c1ccc(N3CCOCC3)cc1)N2. The molecule has 0 radical (unpaired) electrons. The fourth-order valence-corrected chi connectivity index (χ4v) is 4.26. The smallest absolute Gasteiger partial charge is 0.227 e. The monoisotopic (exact) mass is 475 g/mol. The number of imidazole rings is 1. The first-order valence-corrected chi connectivity index (χ1v) is 11.5. The van der Waals surface area contributed by atoms with E-state index in [2.05, 4.69) is 49.8 Å². The molecule has 4 rings (SSSR count). The number of carbonyl (C=O) groups is 1. The highest BCUT2D eigenvalue weighted by Crippen LogP contribution is 2.41. The van der Waals surface area contributed by atoms with E-state index >= 15 is 0 Å². The van der Waals surface area contributed by atoms with Crippen LogP contribution in [0.3, 0.4) is 0 Å². The van der Waals surface area contributed by atoms with E-state index in [4.69, 9.17) is 21.1 Å². The molecule has 0 bridgehead atoms. The first-order valence-electron chi connectivity index (χ1n) is 11.1. The predicted octanol–water partition coefficient (Wildman–Crippen LogP) is 2.18. The summed E-state index contributed by atoms with van der Waals surface area (Å²) < 4.78 is 10.4. The molecule has 1 amide bonds. The molecule has 2 atom stereocenters. The van der Waals surface area contributed by atoms with Crippen LogP contribution in [0.2, 0.25) is 0 Å². The van der Waals surface area contributed by atoms with Gasteiger partial charge in [0.25, 0.3) is 0 Å². The van der Waals surface area contributed by atoms with Gasteiger partial charge in [0.1, 0.15) is 5.82 Å². The number of H-pyrrole nitrogens is 1. The van der Waals surface area contributed by atoms with Gasteiger partial charge in [0.15, 0.2) is 12.1 Å². The molecule has 2 aromatic rings. The molecule has 33 heavy (non-hydrogen) atoms. The quantitative estimate of drug-likeness (QED) is 0.433. The highest BCUT2D eigenvalue weighted by atomic mass is 35.5. The number of aliphatic hydroxyl groups excluding tert-OH is 1. The average Bonchev–Trinajstić information content (AvgIpc) is 3.19. The van der Waals surface area contributed by atoms with E-state index in [0.717, 1.165) is 43.2 Å². The van der Waals surface area contributed by atoms with Crippen molar-refractivity contribution in [3.8, 4) is 0 Å². The fourth-order valence-electron chi connectivity index (χ4n) is 3.99. The molecule has 0 spiro atoms. The number of anilines is 2. The summed E-state index contributed by atoms with van der Waals surface area (Å²) >= 11 is 6.71. The number of aliphatic hydroxyl groups is 1. The Balaban J connectivity index is 1.43. The van der Waals surface area contributed by atoms with Gasteiger partial charge >= 0.3 is 0 Å². The van der Waals surface area contributed by atoms with Crippen LogP contribution in [-0.4, -0.2) is 66.7 Å². The molecular formula is C23H30ClN5O4. The standard InChI is InChI=1S/C23H30ClN5O4/c1-3-33-21(31)14-25-20(30)13-19-26-17-12-18(24)23(2,28-22(17)27-19)15-4-6-16(7-5-15)29-8-10-32-11-9-29/h4-7,12,21,28,31H,3,8-11,13-14H2,1-2H3,(H,25,30)(H,26,27). The topological polar surface area (TPSA) is 112 Å². The molecule has 10 heteroatoms. The number of benzene rings is 1. The zero-order chi connectivity index (χ0) is 23.4. The molecule has 4 N–H and O–H groups in total. The number of amides is 1. The molecule has 0 saturated carbocycles. The van der Waals surface area contributed by atoms with E-state index in [0.29, 0.717) is 23.3 Å². The molecule has 1 aromatic heterocycles. The first-order chi connectivity index (χ1) is 15.9. The van der Waals surface area contributed by atoms with E-state index < -0.39 is 11.8 Å². The molecule has 178 valence electrons. The highest BCUT2D eigenvalue weighted by Gasteiger charge is 2.35. The normalized spacial score (nSPS) is 21.1. The van der Waals surface area contributed by atoms with Crippen molar-refractivity contribution in [2.24, 2.45) is 0 Å². The molecule has 3 heterocycles. The van der Waals surface area contributed by atoms with Gasteiger partial charge in [0.05, 0.1) is 37.4 Å². The summed E-state index contributed by atoms with van der Waals surface area (Å²) in [4.78, 5) is 22.2. The molecule has 2 aliphatic rings. The van der Waals surface area contributed by atoms with Gasteiger partial charge in [-0.3, -0.25) is 4.79 Å². The Labute approximate surface area is 198 Å². The Kier molecular flexibility index (Phi) is 7.23. The van der Waals surface area contributed by atoms with E-state index in [-0.39, 0.29) is 18.9 Å². The Morgan fingerprint density at radius 1 is 1.36 bits per heavy atom. The molecule has 9 nitrogen and oxygen atoms in total. The van der Waals surface area contributed by atoms with Gasteiger partial charge in [-0.15, -0.1) is 0 Å². The van der Waals surface area contributed by atoms with Crippen LogP contribution in [0.5, 0.6) is 0 Å². The van der Waals surface area contributed by atoms with Gasteiger partial charge in [-0.05, 0) is 37.6 Å². The molecule has 0 aliphatic carbocycles. The molecule has 1 fully saturated rings. The summed E-state index contributed by atoms with van der Waals surface area (Å²) in [5.41, 5.74) is 2.25. The lowest BCUT2D eigenvalue weighted by Crippen LogP contribution is -2.37. The number of carbonyl (C=O) groups excluding carboxylic acids is 1. The van der Waals surface area contributed by atoms with Crippen molar-refractivity contribution in [3.63, 3.8) is 0 Å². The third-order valence-corrected chi connectivity index (χ3v) is 6.37. The van der Waals surface area contributed by atoms with Crippen LogP contribution in [0.25, 0.3) is 6.08 Å². The predicted molar refractivity (Wildman–Crippen MR) is 127 cm³/mol. The van der Waals surface area contributed by atoms with Crippen LogP contribution >= 0.6 is 11.6 Å². The maximum absolute atomic E-state index is 12.2. The van der Waals surface area contributed by atoms with Crippen LogP contribution < -0.4 is 15.5 Å². The minimum Gasteiger partial charge on any atom is -0.378 e. The molecular weight excluding hydrogens is 446 g/mol. The number of aromatic nitrogens is 2. The van der Waals surface area contributed by atoms with Gasteiger partial charge < -0.3 is 35.1 Å². The van der Waals surface area contributed by atoms with Crippen LogP contribution in [-0.2, 0) is 26.2 Å². The molecule has 1 saturated heterocycles. The minimum atomic E-state index is -1.03. The second-order valence-corrected chi connectivity index (χ2v) is 8.63. The Morgan fingerprint density at radius 3 is 2.79 bits per heavy atom. The van der Waals surface area contributed by atoms with E-state index in [1.807, 2.05) is 13.0 Å². The second kappa shape index (κ2) is 10.1. The fraction of sp³-hybridized carbons (Fsp3) is 0.478. The molecule has 1 aromatic carbocycles. The van der Waals surface area contributed by atoms with Gasteiger partial charge in [-0.2, -0.15) is 0 Å². The Hall–Kier alpha value is -2.59. The van der Waals surface area contributed by atoms with Crippen molar-refractivity contribution in [1.82, 2.24) is 15.3 Å². The summed E-state index contributed by atoms with van der Waals surface area (Å²) in [6, 6.07) is 8.35. The lowest BCUT2D eigenvalue weighted by atomic mass is 9.88. The van der Waals surface area contributed by atoms with Crippen molar-refractivity contribution in [2.45, 2.75) is 32.1 Å². The van der Waals surface area contributed by atoms with Crippen molar-refractivity contribution in [1.29, 1.82) is 0 Å². The first kappa shape index (κ1) is 23.6. The maximum atomic E-state index is 12.2. The number of hydrogen-bond acceptors (Lipinski definition) is 7. The molecule has 2 aliphatic heterocycles. The average molecular weight is 476 g/mol. The number of ether oxygens (including phenoxy) is 2. The summed E-state index contributed by atoms with van der Waals surface area (Å²) in [7, 11) is 0. The largest absolute Gasteiger partial charge is 0.378 e. The van der Waals surface area contributed by atoms with Gasteiger partial charge in [0.2, 0.25) is 5.91 Å². The van der Waals surface area contributed by atoms with Crippen molar-refractivity contribution in [3.05, 3.63) is 46.4 Å². The highest BCUT2D eigenvalue weighted by molar-refractivity contribution is 6.33. The Bertz CT molecular complexity index is 1000. The zero-order valence-electron chi connectivity index (χ0n) is 18.9. The van der Waals surface area contributed by atoms with Crippen LogP contribution in [0.1, 0.15) is 30.9 Å². The van der Waals surface area contributed by atoms with Gasteiger partial charge in [0, 0.05) is 30.4 Å². The lowest BCUT2D eigenvalue weighted by molar-refractivity contribution is -0.126. The maximum Gasteiger partial charge on any atom is 0.227 e. The number of hydrogen-bond donors (Lipinski definition) is 4. The summed E-state index contributed by atoms with van der Waals surface area (Å²) in [6.07, 6.45) is 0.864. The summed E-state index contributed by atoms with van der Waals surface area (Å²) in [5.74, 6) is 0.872. The van der Waals surface area contributed by atoms with Crippen LogP contribution in [0, 0.1) is 0 Å². The third kappa shape index (κ3) is 5.33. The number of morpholine rings is 1. The van der Waals surface area contributed by atoms with Crippen LogP contribution in [0.4, 0.5) is 11.5 Å². The third-order valence-electron chi connectivity index (χ3n) is 5.88. The number of nitrogens with one attached hydrogen (secondary N) is 3. The van der Waals surface area contributed by atoms with Crippen LogP contribution in [0.15, 0.2) is 29.3 Å². The van der Waals surface area contributed by atoms with Crippen molar-refractivity contribution < 1.29 is 19.4 Å².